The topological polar surface area (TPSA) is 42.5 Å². The van der Waals surface area contributed by atoms with Crippen LogP contribution in [0.2, 0.25) is 0 Å². The standard InChI is InChI=1S/C12H24N2O2S/c1-2-15-8-3-6-13-12(17)14-7-9-16-10-11-4-5-11/h11H,2-10H2,1H3,(H2,13,14,17). The Morgan fingerprint density at radius 3 is 2.65 bits per heavy atom. The van der Waals surface area contributed by atoms with E-state index in [4.69, 9.17) is 21.7 Å². The van der Waals surface area contributed by atoms with Gasteiger partial charge in [-0.25, -0.2) is 0 Å². The molecule has 2 N–H and O–H groups in total. The normalized spacial score (nSPS) is 14.6. The van der Waals surface area contributed by atoms with Crippen molar-refractivity contribution in [3.8, 4) is 0 Å². The van der Waals surface area contributed by atoms with E-state index in [9.17, 15) is 0 Å². The summed E-state index contributed by atoms with van der Waals surface area (Å²) in [6, 6.07) is 0. The zero-order chi connectivity index (χ0) is 12.3. The Hall–Kier alpha value is -0.390. The van der Waals surface area contributed by atoms with Gasteiger partial charge in [0.1, 0.15) is 0 Å². The predicted octanol–water partition coefficient (Wildman–Crippen LogP) is 1.30. The molecule has 0 amide bonds. The molecule has 0 radical (unpaired) electrons. The molecule has 0 atom stereocenters. The largest absolute Gasteiger partial charge is 0.382 e. The average molecular weight is 260 g/mol. The molecule has 0 heterocycles. The fourth-order valence-electron chi connectivity index (χ4n) is 1.35. The summed E-state index contributed by atoms with van der Waals surface area (Å²) >= 11 is 5.13. The predicted molar refractivity (Wildman–Crippen MR) is 73.3 cm³/mol. The minimum Gasteiger partial charge on any atom is -0.382 e. The van der Waals surface area contributed by atoms with Crippen LogP contribution in [-0.2, 0) is 9.47 Å². The molecular weight excluding hydrogens is 236 g/mol. The molecule has 0 aromatic heterocycles. The molecule has 0 aromatic carbocycles. The first-order valence-electron chi connectivity index (χ1n) is 6.50. The number of thiocarbonyl (C=S) groups is 1. The number of hydrogen-bond donors (Lipinski definition) is 2. The lowest BCUT2D eigenvalue weighted by atomic mass is 10.4. The van der Waals surface area contributed by atoms with Gasteiger partial charge in [0.2, 0.25) is 0 Å². The summed E-state index contributed by atoms with van der Waals surface area (Å²) in [4.78, 5) is 0. The van der Waals surface area contributed by atoms with E-state index in [1.807, 2.05) is 6.92 Å². The van der Waals surface area contributed by atoms with Crippen LogP contribution in [-0.4, -0.2) is 44.6 Å². The molecule has 4 nitrogen and oxygen atoms in total. The van der Waals surface area contributed by atoms with Gasteiger partial charge in [0.05, 0.1) is 6.61 Å². The van der Waals surface area contributed by atoms with Gasteiger partial charge in [-0.1, -0.05) is 0 Å². The number of ether oxygens (including phenoxy) is 2. The summed E-state index contributed by atoms with van der Waals surface area (Å²) in [5.74, 6) is 0.832. The van der Waals surface area contributed by atoms with Crippen molar-refractivity contribution < 1.29 is 9.47 Å². The fraction of sp³-hybridized carbons (Fsp3) is 0.917. The third-order valence-corrected chi connectivity index (χ3v) is 2.83. The highest BCUT2D eigenvalue weighted by atomic mass is 32.1. The highest BCUT2D eigenvalue weighted by molar-refractivity contribution is 7.80. The van der Waals surface area contributed by atoms with Crippen LogP contribution in [0.3, 0.4) is 0 Å². The second-order valence-corrected chi connectivity index (χ2v) is 4.66. The van der Waals surface area contributed by atoms with E-state index in [1.165, 1.54) is 12.8 Å². The lowest BCUT2D eigenvalue weighted by molar-refractivity contribution is 0.129. The summed E-state index contributed by atoms with van der Waals surface area (Å²) in [7, 11) is 0. The van der Waals surface area contributed by atoms with Gasteiger partial charge in [-0.15, -0.1) is 0 Å². The van der Waals surface area contributed by atoms with Gasteiger partial charge in [-0.3, -0.25) is 0 Å². The molecule has 5 heteroatoms. The van der Waals surface area contributed by atoms with Crippen LogP contribution >= 0.6 is 12.2 Å². The second kappa shape index (κ2) is 9.62. The molecule has 0 aliphatic heterocycles. The van der Waals surface area contributed by atoms with Crippen molar-refractivity contribution in [2.45, 2.75) is 26.2 Å². The zero-order valence-corrected chi connectivity index (χ0v) is 11.5. The van der Waals surface area contributed by atoms with Crippen LogP contribution in [0.15, 0.2) is 0 Å². The highest BCUT2D eigenvalue weighted by Gasteiger charge is 2.20. The van der Waals surface area contributed by atoms with E-state index in [1.54, 1.807) is 0 Å². The molecule has 0 aromatic rings. The number of rotatable bonds is 10. The van der Waals surface area contributed by atoms with Crippen LogP contribution in [0.4, 0.5) is 0 Å². The molecule has 0 spiro atoms. The van der Waals surface area contributed by atoms with Crippen LogP contribution in [0.1, 0.15) is 26.2 Å². The molecule has 100 valence electrons. The third kappa shape index (κ3) is 9.32. The molecule has 1 fully saturated rings. The van der Waals surface area contributed by atoms with E-state index in [0.29, 0.717) is 5.11 Å². The Labute approximate surface area is 109 Å². The van der Waals surface area contributed by atoms with Crippen LogP contribution in [0.25, 0.3) is 0 Å². The highest BCUT2D eigenvalue weighted by Crippen LogP contribution is 2.28. The van der Waals surface area contributed by atoms with Crippen molar-refractivity contribution in [3.63, 3.8) is 0 Å². The van der Waals surface area contributed by atoms with Gasteiger partial charge in [-0.2, -0.15) is 0 Å². The van der Waals surface area contributed by atoms with Crippen molar-refractivity contribution in [3.05, 3.63) is 0 Å². The number of hydrogen-bond acceptors (Lipinski definition) is 3. The van der Waals surface area contributed by atoms with Gasteiger partial charge in [-0.05, 0) is 44.3 Å². The first-order chi connectivity index (χ1) is 8.33. The second-order valence-electron chi connectivity index (χ2n) is 4.25. The van der Waals surface area contributed by atoms with Crippen LogP contribution in [0.5, 0.6) is 0 Å². The van der Waals surface area contributed by atoms with Gasteiger partial charge >= 0.3 is 0 Å². The van der Waals surface area contributed by atoms with E-state index in [2.05, 4.69) is 10.6 Å². The maximum Gasteiger partial charge on any atom is 0.166 e. The Balaban J connectivity index is 1.76. The Morgan fingerprint density at radius 2 is 1.94 bits per heavy atom. The Kier molecular flexibility index (Phi) is 8.30. The van der Waals surface area contributed by atoms with E-state index in [0.717, 1.165) is 51.9 Å². The third-order valence-electron chi connectivity index (χ3n) is 2.54. The van der Waals surface area contributed by atoms with Crippen molar-refractivity contribution in [2.24, 2.45) is 5.92 Å². The molecule has 1 aliphatic carbocycles. The minimum atomic E-state index is 0.705. The molecule has 0 saturated heterocycles. The monoisotopic (exact) mass is 260 g/mol. The van der Waals surface area contributed by atoms with Gasteiger partial charge < -0.3 is 20.1 Å². The van der Waals surface area contributed by atoms with Crippen molar-refractivity contribution in [2.75, 3.05) is 39.5 Å². The molecule has 1 aliphatic rings. The molecule has 0 bridgehead atoms. The lowest BCUT2D eigenvalue weighted by Gasteiger charge is -2.10. The van der Waals surface area contributed by atoms with E-state index >= 15 is 0 Å². The van der Waals surface area contributed by atoms with Crippen LogP contribution < -0.4 is 10.6 Å². The summed E-state index contributed by atoms with van der Waals surface area (Å²) in [5.41, 5.74) is 0. The number of nitrogens with one attached hydrogen (secondary N) is 2. The van der Waals surface area contributed by atoms with E-state index in [-0.39, 0.29) is 0 Å². The molecule has 1 saturated carbocycles. The van der Waals surface area contributed by atoms with Gasteiger partial charge in [0.15, 0.2) is 5.11 Å². The quantitative estimate of drug-likeness (QED) is 0.458. The zero-order valence-electron chi connectivity index (χ0n) is 10.7. The van der Waals surface area contributed by atoms with Crippen molar-refractivity contribution >= 4 is 17.3 Å². The summed E-state index contributed by atoms with van der Waals surface area (Å²) < 4.78 is 10.7. The first kappa shape index (κ1) is 14.7. The Bertz CT molecular complexity index is 211. The van der Waals surface area contributed by atoms with Crippen molar-refractivity contribution in [1.82, 2.24) is 10.6 Å². The first-order valence-corrected chi connectivity index (χ1v) is 6.91. The summed E-state index contributed by atoms with van der Waals surface area (Å²) in [5, 5.41) is 6.97. The van der Waals surface area contributed by atoms with E-state index < -0.39 is 0 Å². The molecule has 0 unspecified atom stereocenters. The maximum absolute atomic E-state index is 5.50. The maximum atomic E-state index is 5.50. The SMILES string of the molecule is CCOCCCNC(=S)NCCOCC1CC1. The minimum absolute atomic E-state index is 0.705. The smallest absolute Gasteiger partial charge is 0.166 e. The fourth-order valence-corrected chi connectivity index (χ4v) is 1.56. The lowest BCUT2D eigenvalue weighted by Crippen LogP contribution is -2.37. The molecular formula is C12H24N2O2S. The summed E-state index contributed by atoms with van der Waals surface area (Å²) in [6.45, 7) is 6.85. The molecule has 1 rings (SSSR count). The van der Waals surface area contributed by atoms with Crippen LogP contribution in [0, 0.1) is 5.92 Å². The Morgan fingerprint density at radius 1 is 1.18 bits per heavy atom. The van der Waals surface area contributed by atoms with Crippen molar-refractivity contribution in [1.29, 1.82) is 0 Å². The summed E-state index contributed by atoms with van der Waals surface area (Å²) in [6.07, 6.45) is 3.66. The van der Waals surface area contributed by atoms with Gasteiger partial charge in [0.25, 0.3) is 0 Å². The average Bonchev–Trinajstić information content (AvgIpc) is 3.12. The van der Waals surface area contributed by atoms with Gasteiger partial charge in [0, 0.05) is 32.9 Å². The molecule has 17 heavy (non-hydrogen) atoms.